The fourth-order valence-corrected chi connectivity index (χ4v) is 8.16. The van der Waals surface area contributed by atoms with Gasteiger partial charge in [-0.25, -0.2) is 14.4 Å². The quantitative estimate of drug-likeness (QED) is 0.138. The van der Waals surface area contributed by atoms with E-state index in [2.05, 4.69) is 13.2 Å². The van der Waals surface area contributed by atoms with Crippen molar-refractivity contribution in [2.24, 2.45) is 17.8 Å². The van der Waals surface area contributed by atoms with Crippen molar-refractivity contribution in [3.63, 3.8) is 0 Å². The summed E-state index contributed by atoms with van der Waals surface area (Å²) < 4.78 is 9.69. The molecule has 0 saturated heterocycles. The van der Waals surface area contributed by atoms with Gasteiger partial charge in [0.2, 0.25) is 6.29 Å². The van der Waals surface area contributed by atoms with Crippen LogP contribution in [0, 0.1) is 17.8 Å². The van der Waals surface area contributed by atoms with Crippen LogP contribution in [0.3, 0.4) is 0 Å². The number of carbonyl (C=O) groups is 3. The van der Waals surface area contributed by atoms with E-state index in [1.807, 2.05) is 6.92 Å². The number of aliphatic carboxylic acids is 2. The van der Waals surface area contributed by atoms with E-state index in [-0.39, 0.29) is 5.57 Å². The third-order valence-corrected chi connectivity index (χ3v) is 11.2. The van der Waals surface area contributed by atoms with E-state index < -0.39 is 24.2 Å². The van der Waals surface area contributed by atoms with Crippen molar-refractivity contribution in [1.29, 1.82) is 0 Å². The fraction of sp³-hybridized carbons (Fsp3) is 0.800. The minimum Gasteiger partial charge on any atom is -0.478 e. The summed E-state index contributed by atoms with van der Waals surface area (Å²) in [5, 5.41) is 18.7. The maximum Gasteiger partial charge on any atom is 0.335 e. The Morgan fingerprint density at radius 3 is 1.06 bits per heavy atom. The zero-order valence-corrected chi connectivity index (χ0v) is 34.0. The summed E-state index contributed by atoms with van der Waals surface area (Å²) in [7, 11) is 1.50. The summed E-state index contributed by atoms with van der Waals surface area (Å²) in [6.07, 6.45) is 35.5. The second-order valence-corrected chi connectivity index (χ2v) is 15.8. The smallest absolute Gasteiger partial charge is 0.335 e. The lowest BCUT2D eigenvalue weighted by molar-refractivity contribution is -0.168. The molecule has 0 radical (unpaired) electrons. The highest BCUT2D eigenvalue weighted by atomic mass is 16.7. The van der Waals surface area contributed by atoms with Crippen LogP contribution in [0.5, 0.6) is 0 Å². The molecule has 0 spiro atoms. The van der Waals surface area contributed by atoms with Gasteiger partial charge in [0.1, 0.15) is 0 Å². The van der Waals surface area contributed by atoms with Crippen LogP contribution in [0.1, 0.15) is 201 Å². The van der Waals surface area contributed by atoms with Gasteiger partial charge in [0.25, 0.3) is 0 Å². The van der Waals surface area contributed by atoms with E-state index in [0.717, 1.165) is 18.4 Å². The van der Waals surface area contributed by atoms with Crippen molar-refractivity contribution in [2.45, 2.75) is 207 Å². The molecule has 0 aliphatic heterocycles. The predicted octanol–water partition coefficient (Wildman–Crippen LogP) is 12.9. The van der Waals surface area contributed by atoms with E-state index in [1.54, 1.807) is 6.92 Å². The van der Waals surface area contributed by atoms with Gasteiger partial charge in [-0.05, 0) is 70.1 Å². The Bertz CT molecular complexity index is 986. The molecule has 52 heavy (non-hydrogen) atoms. The topological polar surface area (TPSA) is 110 Å². The summed E-state index contributed by atoms with van der Waals surface area (Å²) in [5.74, 6) is -0.526. The first-order valence-corrected chi connectivity index (χ1v) is 21.3. The third-order valence-electron chi connectivity index (χ3n) is 11.2. The van der Waals surface area contributed by atoms with Crippen molar-refractivity contribution in [1.82, 2.24) is 0 Å². The van der Waals surface area contributed by atoms with Gasteiger partial charge in [-0.15, -0.1) is 0 Å². The third kappa shape index (κ3) is 21.3. The van der Waals surface area contributed by atoms with Crippen molar-refractivity contribution in [2.75, 3.05) is 7.11 Å². The van der Waals surface area contributed by atoms with Crippen molar-refractivity contribution in [3.05, 3.63) is 35.5 Å². The highest BCUT2D eigenvalue weighted by Gasteiger charge is 2.32. The standard InChI is InChI=1S/C33H58O2.C8H14O3.C4H6O2/c34-33(35)32(30-26-20-14-8-3-9-15-21-27-30)31(28-22-16-10-4-1-5-11-17-23-28)29-24-18-12-6-2-7-13-19-25-29;1-5-7(10-4)11-8(9)6(2)3;1-3(2)4(5)6/h28-30H,1-27H2,(H,34,35);7H,2,5H2,1,3-4H3;1H2,2H3,(H,5,6). The summed E-state index contributed by atoms with van der Waals surface area (Å²) in [6, 6.07) is 0. The first-order valence-electron chi connectivity index (χ1n) is 21.3. The number of carboxylic acid groups (broad SMARTS) is 2. The summed E-state index contributed by atoms with van der Waals surface area (Å²) >= 11 is 0. The minimum atomic E-state index is -0.935. The van der Waals surface area contributed by atoms with Crippen LogP contribution in [0.4, 0.5) is 0 Å². The number of esters is 1. The van der Waals surface area contributed by atoms with Crippen LogP contribution in [-0.4, -0.2) is 41.5 Å². The van der Waals surface area contributed by atoms with Crippen LogP contribution in [0.25, 0.3) is 0 Å². The number of allylic oxidation sites excluding steroid dienone is 1. The summed E-state index contributed by atoms with van der Waals surface area (Å²) in [6.45, 7) is 11.5. The summed E-state index contributed by atoms with van der Waals surface area (Å²) in [4.78, 5) is 33.6. The summed E-state index contributed by atoms with van der Waals surface area (Å²) in [5.41, 5.74) is 2.99. The molecule has 3 aliphatic rings. The van der Waals surface area contributed by atoms with Gasteiger partial charge < -0.3 is 19.7 Å². The Labute approximate surface area is 318 Å². The fourth-order valence-electron chi connectivity index (χ4n) is 8.16. The number of carboxylic acids is 2. The predicted molar refractivity (Wildman–Crippen MR) is 214 cm³/mol. The second kappa shape index (κ2) is 30.0. The molecule has 3 aliphatic carbocycles. The minimum absolute atomic E-state index is 0.176. The zero-order valence-electron chi connectivity index (χ0n) is 34.0. The Morgan fingerprint density at radius 1 is 0.538 bits per heavy atom. The molecule has 0 aromatic heterocycles. The maximum absolute atomic E-state index is 13.2. The van der Waals surface area contributed by atoms with Crippen LogP contribution in [0.2, 0.25) is 0 Å². The van der Waals surface area contributed by atoms with Crippen molar-refractivity contribution >= 4 is 17.9 Å². The largest absolute Gasteiger partial charge is 0.478 e. The van der Waals surface area contributed by atoms with Gasteiger partial charge in [0.15, 0.2) is 0 Å². The lowest BCUT2D eigenvalue weighted by atomic mass is 9.71. The highest BCUT2D eigenvalue weighted by molar-refractivity contribution is 5.88. The Hall–Kier alpha value is -2.41. The first kappa shape index (κ1) is 47.6. The number of carbonyl (C=O) groups excluding carboxylic acids is 1. The molecular formula is C45H78O7. The number of ether oxygens (including phenoxy) is 2. The van der Waals surface area contributed by atoms with Gasteiger partial charge in [-0.3, -0.25) is 0 Å². The van der Waals surface area contributed by atoms with E-state index in [9.17, 15) is 19.5 Å². The molecule has 0 aromatic carbocycles. The molecule has 0 bridgehead atoms. The molecule has 0 heterocycles. The number of hydrogen-bond donors (Lipinski definition) is 2. The van der Waals surface area contributed by atoms with Crippen molar-refractivity contribution < 1.29 is 34.1 Å². The van der Waals surface area contributed by atoms with Crippen LogP contribution >= 0.6 is 0 Å². The first-order chi connectivity index (χ1) is 25.0. The van der Waals surface area contributed by atoms with Gasteiger partial charge in [-0.1, -0.05) is 160 Å². The monoisotopic (exact) mass is 731 g/mol. The lowest BCUT2D eigenvalue weighted by Crippen LogP contribution is -2.25. The molecule has 7 nitrogen and oxygen atoms in total. The molecule has 1 unspecified atom stereocenters. The molecule has 7 heteroatoms. The van der Waals surface area contributed by atoms with Gasteiger partial charge in [0.05, 0.1) is 0 Å². The molecule has 0 aromatic rings. The molecule has 1 atom stereocenters. The molecule has 3 saturated carbocycles. The molecule has 0 amide bonds. The average molecular weight is 731 g/mol. The normalized spacial score (nSPS) is 20.2. The maximum atomic E-state index is 13.2. The molecule has 2 N–H and O–H groups in total. The molecule has 3 rings (SSSR count). The highest BCUT2D eigenvalue weighted by Crippen LogP contribution is 2.42. The van der Waals surface area contributed by atoms with Crippen molar-refractivity contribution in [3.8, 4) is 0 Å². The Kier molecular flexibility index (Phi) is 27.4. The van der Waals surface area contributed by atoms with E-state index >= 15 is 0 Å². The SMILES string of the molecule is C=C(C)C(=O)O.C=C(C)C(=O)OC(CC)OC.O=C(O)C(=C(C1CCCCCCCCC1)C1CCCCCCCCC1)C1CCCCCCCCC1. The van der Waals surface area contributed by atoms with Gasteiger partial charge in [-0.2, -0.15) is 0 Å². The number of rotatable bonds is 9. The van der Waals surface area contributed by atoms with Crippen LogP contribution in [-0.2, 0) is 23.9 Å². The van der Waals surface area contributed by atoms with E-state index in [4.69, 9.17) is 14.6 Å². The average Bonchev–Trinajstić information content (AvgIpc) is 3.13. The van der Waals surface area contributed by atoms with Gasteiger partial charge in [0, 0.05) is 30.2 Å². The number of methoxy groups -OCH3 is 1. The Balaban J connectivity index is 0.000000658. The van der Waals surface area contributed by atoms with E-state index in [1.165, 1.54) is 180 Å². The van der Waals surface area contributed by atoms with Crippen LogP contribution < -0.4 is 0 Å². The molecular weight excluding hydrogens is 652 g/mol. The molecule has 300 valence electrons. The second-order valence-electron chi connectivity index (χ2n) is 15.8. The lowest BCUT2D eigenvalue weighted by Gasteiger charge is -2.34. The van der Waals surface area contributed by atoms with Gasteiger partial charge >= 0.3 is 17.9 Å². The zero-order chi connectivity index (χ0) is 38.6. The van der Waals surface area contributed by atoms with E-state index in [0.29, 0.717) is 29.7 Å². The number of hydrogen-bond acceptors (Lipinski definition) is 5. The Morgan fingerprint density at radius 2 is 0.827 bits per heavy atom. The molecule has 3 fully saturated rings. The van der Waals surface area contributed by atoms with Crippen LogP contribution in [0.15, 0.2) is 35.5 Å².